The minimum atomic E-state index is 0. The third-order valence-corrected chi connectivity index (χ3v) is 13.0. The van der Waals surface area contributed by atoms with Gasteiger partial charge in [-0.25, -0.2) is 18.6 Å². The first-order chi connectivity index (χ1) is 24.8. The van der Waals surface area contributed by atoms with Crippen LogP contribution in [0.1, 0.15) is 131 Å². The predicted octanol–water partition coefficient (Wildman–Crippen LogP) is 7.64. The van der Waals surface area contributed by atoms with Crippen LogP contribution in [-0.2, 0) is 41.5 Å². The molecule has 4 aromatic carbocycles. The number of hydrogen-bond donors (Lipinski definition) is 0. The van der Waals surface area contributed by atoms with Crippen molar-refractivity contribution >= 4 is 14.4 Å². The summed E-state index contributed by atoms with van der Waals surface area (Å²) in [4.78, 5) is 0. The number of allylic oxidation sites excluding steroid dienone is 8. The first-order valence-corrected chi connectivity index (χ1v) is 20.7. The minimum Gasteiger partial charge on any atom is -1.00 e. The molecule has 4 aliphatic carbocycles. The standard InChI is InChI=1S/C27H29.C15H14.C10H15.2ClH.Zr/c1-16-7-9-26(3,4)24-12-18-11-19-13-25-21(17(2)8-10-27(25,5)6)15-23(19)22(18)14-20(16)24;1-12-3-7-14(8-4-12)11-15-9-5-13(2)6-10-15;1-8-5-6-9(7-8)10(2,3)4;;;/h7-9,12-15H,10-11H2,1-6H3;3-10H,1-2H3;6-8H,1-4H3;2*1H;/q-1;;-1;;;+2/p-2. The van der Waals surface area contributed by atoms with Gasteiger partial charge in [0.2, 0.25) is 0 Å². The van der Waals surface area contributed by atoms with E-state index in [-0.39, 0.29) is 35.6 Å². The Labute approximate surface area is 360 Å². The summed E-state index contributed by atoms with van der Waals surface area (Å²) in [6, 6.07) is 27.5. The van der Waals surface area contributed by atoms with Crippen molar-refractivity contribution in [3.05, 3.63) is 171 Å². The average Bonchev–Trinajstić information content (AvgIpc) is 3.71. The molecule has 0 saturated carbocycles. The number of benzene rings is 4. The fourth-order valence-electron chi connectivity index (χ4n) is 7.84. The van der Waals surface area contributed by atoms with E-state index in [1.807, 2.05) is 0 Å². The second-order valence-corrected chi connectivity index (χ2v) is 19.3. The second-order valence-electron chi connectivity index (χ2n) is 18.1. The number of hydrogen-bond acceptors (Lipinski definition) is 0. The minimum absolute atomic E-state index is 0. The first-order valence-electron chi connectivity index (χ1n) is 19.4. The van der Waals surface area contributed by atoms with Crippen LogP contribution in [-0.4, -0.2) is 3.21 Å². The molecular weight excluding hydrogens is 787 g/mol. The van der Waals surface area contributed by atoms with E-state index in [0.717, 1.165) is 12.8 Å². The largest absolute Gasteiger partial charge is 1.00 e. The molecule has 4 aromatic rings. The van der Waals surface area contributed by atoms with Crippen molar-refractivity contribution in [3.8, 4) is 11.1 Å². The fourth-order valence-corrected chi connectivity index (χ4v) is 8.65. The monoisotopic (exact) mass is 842 g/mol. The fraction of sp³-hybridized carbons (Fsp3) is 0.346. The van der Waals surface area contributed by atoms with Gasteiger partial charge in [-0.1, -0.05) is 102 Å². The molecule has 4 aliphatic rings. The summed E-state index contributed by atoms with van der Waals surface area (Å²) < 4.78 is 1.42. The van der Waals surface area contributed by atoms with Crippen LogP contribution < -0.4 is 24.8 Å². The predicted molar refractivity (Wildman–Crippen MR) is 227 cm³/mol. The summed E-state index contributed by atoms with van der Waals surface area (Å²) in [5, 5.41) is 0. The molecule has 0 aromatic heterocycles. The molecule has 55 heavy (non-hydrogen) atoms. The molecule has 0 spiro atoms. The van der Waals surface area contributed by atoms with Gasteiger partial charge < -0.3 is 24.8 Å². The summed E-state index contributed by atoms with van der Waals surface area (Å²) >= 11 is 1.46. The zero-order valence-electron chi connectivity index (χ0n) is 35.1. The van der Waals surface area contributed by atoms with E-state index in [1.54, 1.807) is 0 Å². The van der Waals surface area contributed by atoms with Crippen molar-refractivity contribution < 1.29 is 49.0 Å². The molecule has 8 rings (SSSR count). The van der Waals surface area contributed by atoms with Crippen LogP contribution in [0.4, 0.5) is 0 Å². The SMILES string of the molecule is CC1=C[CH-]C(C)(C)c2cc3c(cc21)-c1cc2c(cc1C3)C(C)(C)CC=C2C.CC1[C-]=CC(C(C)(C)C)=C1.Cc1ccc([C](=[Zr+2])c2ccc(C)cc2)cc1.[Cl-].[Cl-]. The number of aryl methyl sites for hydroxylation is 2. The Bertz CT molecular complexity index is 2050. The maximum Gasteiger partial charge on any atom is -1.00 e. The Morgan fingerprint density at radius 2 is 1.20 bits per heavy atom. The van der Waals surface area contributed by atoms with Gasteiger partial charge in [-0.15, -0.1) is 12.5 Å². The van der Waals surface area contributed by atoms with Crippen LogP contribution in [0.25, 0.3) is 22.3 Å². The van der Waals surface area contributed by atoms with Gasteiger partial charge in [-0.2, -0.15) is 17.2 Å². The second kappa shape index (κ2) is 17.3. The number of fused-ring (bicyclic) bond motifs is 5. The zero-order valence-corrected chi connectivity index (χ0v) is 39.0. The van der Waals surface area contributed by atoms with E-state index >= 15 is 0 Å². The molecule has 1 atom stereocenters. The van der Waals surface area contributed by atoms with E-state index in [1.165, 1.54) is 111 Å². The van der Waals surface area contributed by atoms with Gasteiger partial charge in [0.15, 0.2) is 0 Å². The molecule has 0 bridgehead atoms. The Hall–Kier alpha value is -2.96. The van der Waals surface area contributed by atoms with Crippen LogP contribution >= 0.6 is 0 Å². The molecule has 0 saturated heterocycles. The summed E-state index contributed by atoms with van der Waals surface area (Å²) in [6.07, 6.45) is 16.9. The van der Waals surface area contributed by atoms with Gasteiger partial charge in [0.05, 0.1) is 0 Å². The first kappa shape index (κ1) is 44.8. The maximum absolute atomic E-state index is 3.26. The molecule has 0 radical (unpaired) electrons. The molecule has 0 amide bonds. The van der Waals surface area contributed by atoms with Gasteiger partial charge >= 0.3 is 112 Å². The van der Waals surface area contributed by atoms with Crippen molar-refractivity contribution in [2.75, 3.05) is 0 Å². The van der Waals surface area contributed by atoms with Crippen molar-refractivity contribution in [3.63, 3.8) is 0 Å². The quantitative estimate of drug-likeness (QED) is 0.161. The summed E-state index contributed by atoms with van der Waals surface area (Å²) in [7, 11) is 0. The molecule has 0 fully saturated rings. The molecule has 0 heterocycles. The van der Waals surface area contributed by atoms with Crippen molar-refractivity contribution in [1.29, 1.82) is 0 Å². The Morgan fingerprint density at radius 3 is 1.65 bits per heavy atom. The van der Waals surface area contributed by atoms with Gasteiger partial charge in [0.1, 0.15) is 0 Å². The molecule has 3 heteroatoms. The molecule has 0 nitrogen and oxygen atoms in total. The topological polar surface area (TPSA) is 0 Å². The van der Waals surface area contributed by atoms with Gasteiger partial charge in [-0.3, -0.25) is 6.08 Å². The normalized spacial score (nSPS) is 17.6. The maximum atomic E-state index is 3.26. The van der Waals surface area contributed by atoms with Crippen molar-refractivity contribution in [2.24, 2.45) is 11.3 Å². The molecule has 0 N–H and O–H groups in total. The van der Waals surface area contributed by atoms with E-state index < -0.39 is 0 Å². The van der Waals surface area contributed by atoms with Gasteiger partial charge in [0, 0.05) is 0 Å². The molecular formula is C52H58Cl2Zr-2. The summed E-state index contributed by atoms with van der Waals surface area (Å²) in [5.74, 6) is 0.522. The summed E-state index contributed by atoms with van der Waals surface area (Å²) in [5.41, 5.74) is 22.0. The van der Waals surface area contributed by atoms with Crippen LogP contribution in [0.5, 0.6) is 0 Å². The summed E-state index contributed by atoms with van der Waals surface area (Å²) in [6.45, 7) is 27.1. The van der Waals surface area contributed by atoms with Crippen LogP contribution in [0.15, 0.2) is 103 Å². The van der Waals surface area contributed by atoms with E-state index in [9.17, 15) is 0 Å². The molecule has 1 unspecified atom stereocenters. The number of rotatable bonds is 2. The molecule has 286 valence electrons. The van der Waals surface area contributed by atoms with E-state index in [0.29, 0.717) is 11.3 Å². The Balaban J connectivity index is 0.000000205. The van der Waals surface area contributed by atoms with Crippen molar-refractivity contribution in [2.45, 2.75) is 107 Å². The zero-order chi connectivity index (χ0) is 38.5. The smallest absolute Gasteiger partial charge is 1.00 e. The average molecular weight is 845 g/mol. The number of halogens is 2. The Kier molecular flexibility index (Phi) is 14.0. The van der Waals surface area contributed by atoms with Crippen LogP contribution in [0.2, 0.25) is 0 Å². The third kappa shape index (κ3) is 9.78. The van der Waals surface area contributed by atoms with E-state index in [2.05, 4.69) is 193 Å². The van der Waals surface area contributed by atoms with Gasteiger partial charge in [0.25, 0.3) is 0 Å². The van der Waals surface area contributed by atoms with Crippen LogP contribution in [0, 0.1) is 37.7 Å². The van der Waals surface area contributed by atoms with E-state index in [4.69, 9.17) is 0 Å². The van der Waals surface area contributed by atoms with Crippen molar-refractivity contribution in [1.82, 2.24) is 0 Å². The third-order valence-electron chi connectivity index (χ3n) is 11.6. The van der Waals surface area contributed by atoms with Crippen LogP contribution in [0.3, 0.4) is 0 Å². The van der Waals surface area contributed by atoms with Gasteiger partial charge in [-0.05, 0) is 70.2 Å². The Morgan fingerprint density at radius 1 is 0.709 bits per heavy atom. The molecule has 0 aliphatic heterocycles.